The Morgan fingerprint density at radius 1 is 1.31 bits per heavy atom. The summed E-state index contributed by atoms with van der Waals surface area (Å²) < 4.78 is 30.9. The SMILES string of the molecule is C=C(C)/C=C\C(=C)COC.CN(OOC1CCNC1)S(=O)(=O)c1cccc2cnccc12. The molecular weight excluding hydrogens is 430 g/mol. The van der Waals surface area contributed by atoms with Crippen LogP contribution in [0.5, 0.6) is 0 Å². The second kappa shape index (κ2) is 12.6. The van der Waals surface area contributed by atoms with E-state index in [2.05, 4.69) is 23.5 Å². The molecule has 2 aromatic rings. The van der Waals surface area contributed by atoms with E-state index >= 15 is 0 Å². The molecular formula is C23H31N3O5S. The molecule has 1 aromatic carbocycles. The third-order valence-corrected chi connectivity index (χ3v) is 6.14. The van der Waals surface area contributed by atoms with Crippen LogP contribution < -0.4 is 5.32 Å². The van der Waals surface area contributed by atoms with Gasteiger partial charge in [-0.05, 0) is 42.1 Å². The number of rotatable bonds is 9. The van der Waals surface area contributed by atoms with E-state index in [4.69, 9.17) is 14.6 Å². The molecule has 174 valence electrons. The highest BCUT2D eigenvalue weighted by atomic mass is 32.2. The Morgan fingerprint density at radius 3 is 2.75 bits per heavy atom. The van der Waals surface area contributed by atoms with Gasteiger partial charge in [-0.3, -0.25) is 4.98 Å². The van der Waals surface area contributed by atoms with Crippen LogP contribution in [0.25, 0.3) is 10.8 Å². The van der Waals surface area contributed by atoms with Crippen LogP contribution in [0.2, 0.25) is 0 Å². The number of aromatic nitrogens is 1. The fourth-order valence-corrected chi connectivity index (χ4v) is 3.93. The minimum absolute atomic E-state index is 0.144. The molecule has 1 atom stereocenters. The standard InChI is InChI=1S/C14H17N3O4S.C9H14O/c1-17(21-20-12-5-7-16-10-12)22(18,19)14-4-2-3-11-9-15-8-6-13(11)14;1-8(2)5-6-9(3)7-10-4/h2-4,6,8-9,12,16H,5,7,10H2,1H3;5-6H,1,3,7H2,2,4H3/b;6-5-. The molecule has 1 aromatic heterocycles. The molecule has 1 saturated heterocycles. The van der Waals surface area contributed by atoms with Crippen molar-refractivity contribution in [3.05, 3.63) is 73.1 Å². The van der Waals surface area contributed by atoms with E-state index in [0.717, 1.165) is 34.0 Å². The van der Waals surface area contributed by atoms with Crippen LogP contribution in [0.15, 0.2) is 78.0 Å². The summed E-state index contributed by atoms with van der Waals surface area (Å²) in [5.74, 6) is 0. The van der Waals surface area contributed by atoms with Gasteiger partial charge in [0.2, 0.25) is 0 Å². The number of nitrogens with one attached hydrogen (secondary N) is 1. The van der Waals surface area contributed by atoms with E-state index in [-0.39, 0.29) is 11.0 Å². The first-order valence-corrected chi connectivity index (χ1v) is 11.6. The highest BCUT2D eigenvalue weighted by Gasteiger charge is 2.26. The normalized spacial score (nSPS) is 16.3. The van der Waals surface area contributed by atoms with Crippen LogP contribution in [-0.2, 0) is 24.6 Å². The predicted molar refractivity (Wildman–Crippen MR) is 125 cm³/mol. The van der Waals surface area contributed by atoms with Crippen LogP contribution in [0, 0.1) is 0 Å². The van der Waals surface area contributed by atoms with Gasteiger partial charge in [0.05, 0.1) is 11.5 Å². The Morgan fingerprint density at radius 2 is 2.09 bits per heavy atom. The van der Waals surface area contributed by atoms with Crippen LogP contribution >= 0.6 is 0 Å². The average Bonchev–Trinajstić information content (AvgIpc) is 3.30. The van der Waals surface area contributed by atoms with Crippen molar-refractivity contribution in [2.75, 3.05) is 33.9 Å². The fraction of sp³-hybridized carbons (Fsp3) is 0.348. The zero-order valence-corrected chi connectivity index (χ0v) is 19.6. The Kier molecular flexibility index (Phi) is 10.2. The molecule has 2 heterocycles. The molecule has 32 heavy (non-hydrogen) atoms. The molecule has 0 saturated carbocycles. The summed E-state index contributed by atoms with van der Waals surface area (Å²) in [7, 11) is -0.850. The molecule has 1 N–H and O–H groups in total. The predicted octanol–water partition coefficient (Wildman–Crippen LogP) is 3.40. The van der Waals surface area contributed by atoms with Gasteiger partial charge in [-0.1, -0.05) is 43.0 Å². The average molecular weight is 462 g/mol. The van der Waals surface area contributed by atoms with E-state index in [1.54, 1.807) is 31.6 Å². The Hall–Kier alpha value is -2.40. The van der Waals surface area contributed by atoms with Crippen molar-refractivity contribution in [3.63, 3.8) is 0 Å². The Labute approximate surface area is 190 Å². The summed E-state index contributed by atoms with van der Waals surface area (Å²) in [5.41, 5.74) is 1.99. The number of nitrogens with zero attached hydrogens (tertiary/aromatic N) is 2. The quantitative estimate of drug-likeness (QED) is 0.348. The molecule has 1 unspecified atom stereocenters. The van der Waals surface area contributed by atoms with Crippen molar-refractivity contribution < 1.29 is 23.0 Å². The highest BCUT2D eigenvalue weighted by molar-refractivity contribution is 7.89. The van der Waals surface area contributed by atoms with Gasteiger partial charge in [-0.2, -0.15) is 0 Å². The van der Waals surface area contributed by atoms with Crippen molar-refractivity contribution in [1.29, 1.82) is 0 Å². The number of pyridine rings is 1. The summed E-state index contributed by atoms with van der Waals surface area (Å²) in [4.78, 5) is 14.3. The largest absolute Gasteiger partial charge is 0.380 e. The minimum Gasteiger partial charge on any atom is -0.380 e. The molecule has 1 aliphatic rings. The number of fused-ring (bicyclic) bond motifs is 1. The lowest BCUT2D eigenvalue weighted by Crippen LogP contribution is -2.30. The van der Waals surface area contributed by atoms with Crippen molar-refractivity contribution in [3.8, 4) is 0 Å². The van der Waals surface area contributed by atoms with E-state index in [1.807, 2.05) is 25.1 Å². The maximum atomic E-state index is 12.6. The van der Waals surface area contributed by atoms with Crippen LogP contribution in [0.1, 0.15) is 13.3 Å². The third kappa shape index (κ3) is 7.63. The second-order valence-corrected chi connectivity index (χ2v) is 9.23. The molecule has 0 amide bonds. The molecule has 1 fully saturated rings. The van der Waals surface area contributed by atoms with E-state index < -0.39 is 10.0 Å². The van der Waals surface area contributed by atoms with Crippen molar-refractivity contribution in [1.82, 2.24) is 14.8 Å². The molecule has 9 heteroatoms. The van der Waals surface area contributed by atoms with Crippen LogP contribution in [-0.4, -0.2) is 57.8 Å². The number of hydroxylamine groups is 1. The fourth-order valence-electron chi connectivity index (χ4n) is 2.82. The smallest absolute Gasteiger partial charge is 0.267 e. The molecule has 0 aliphatic carbocycles. The highest BCUT2D eigenvalue weighted by Crippen LogP contribution is 2.24. The zero-order valence-electron chi connectivity index (χ0n) is 18.8. The van der Waals surface area contributed by atoms with Gasteiger partial charge in [0.15, 0.2) is 0 Å². The summed E-state index contributed by atoms with van der Waals surface area (Å²) in [6.07, 6.45) is 7.65. The number of allylic oxidation sites excluding steroid dienone is 2. The van der Waals surface area contributed by atoms with E-state index in [1.165, 1.54) is 13.1 Å². The number of benzene rings is 1. The van der Waals surface area contributed by atoms with Crippen molar-refractivity contribution >= 4 is 20.8 Å². The van der Waals surface area contributed by atoms with Crippen molar-refractivity contribution in [2.45, 2.75) is 24.3 Å². The second-order valence-electron chi connectivity index (χ2n) is 7.32. The summed E-state index contributed by atoms with van der Waals surface area (Å²) >= 11 is 0. The van der Waals surface area contributed by atoms with Gasteiger partial charge >= 0.3 is 0 Å². The minimum atomic E-state index is -3.82. The summed E-state index contributed by atoms with van der Waals surface area (Å²) in [6.45, 7) is 11.5. The molecule has 3 rings (SSSR count). The first-order valence-electron chi connectivity index (χ1n) is 10.1. The van der Waals surface area contributed by atoms with Gasteiger partial charge < -0.3 is 10.1 Å². The number of hydrogen-bond acceptors (Lipinski definition) is 7. The van der Waals surface area contributed by atoms with E-state index in [9.17, 15) is 8.42 Å². The van der Waals surface area contributed by atoms with Crippen LogP contribution in [0.4, 0.5) is 0 Å². The maximum absolute atomic E-state index is 12.6. The Bertz CT molecular complexity index is 1040. The van der Waals surface area contributed by atoms with Gasteiger partial charge in [0.25, 0.3) is 10.0 Å². The summed E-state index contributed by atoms with van der Waals surface area (Å²) in [5, 5.41) is 4.45. The lowest BCUT2D eigenvalue weighted by molar-refractivity contribution is -0.405. The van der Waals surface area contributed by atoms with Gasteiger partial charge in [-0.15, -0.1) is 4.99 Å². The zero-order chi connectivity index (χ0) is 23.6. The third-order valence-electron chi connectivity index (χ3n) is 4.49. The number of hydrogen-bond donors (Lipinski definition) is 1. The Balaban J connectivity index is 0.000000309. The van der Waals surface area contributed by atoms with Gasteiger partial charge in [0.1, 0.15) is 6.10 Å². The first kappa shape index (κ1) is 25.9. The van der Waals surface area contributed by atoms with E-state index in [0.29, 0.717) is 18.5 Å². The monoisotopic (exact) mass is 461 g/mol. The lowest BCUT2D eigenvalue weighted by Gasteiger charge is -2.18. The molecule has 0 bridgehead atoms. The van der Waals surface area contributed by atoms with Gasteiger partial charge in [-0.25, -0.2) is 13.3 Å². The molecule has 0 spiro atoms. The molecule has 0 radical (unpaired) electrons. The topological polar surface area (TPSA) is 90.0 Å². The molecule has 1 aliphatic heterocycles. The number of sulfonamides is 1. The first-order chi connectivity index (χ1) is 15.3. The maximum Gasteiger partial charge on any atom is 0.267 e. The van der Waals surface area contributed by atoms with Crippen molar-refractivity contribution in [2.24, 2.45) is 0 Å². The number of methoxy groups -OCH3 is 1. The molecule has 8 nitrogen and oxygen atoms in total. The van der Waals surface area contributed by atoms with Crippen LogP contribution in [0.3, 0.4) is 0 Å². The van der Waals surface area contributed by atoms with Gasteiger partial charge in [0, 0.05) is 43.9 Å². The summed E-state index contributed by atoms with van der Waals surface area (Å²) in [6, 6.07) is 6.68. The number of ether oxygens (including phenoxy) is 1. The lowest BCUT2D eigenvalue weighted by atomic mass is 10.2.